The van der Waals surface area contributed by atoms with Gasteiger partial charge in [0.05, 0.1) is 0 Å². The lowest BCUT2D eigenvalue weighted by Gasteiger charge is -2.06. The summed E-state index contributed by atoms with van der Waals surface area (Å²) in [6.45, 7) is 3.12. The first-order chi connectivity index (χ1) is 7.79. The average molecular weight is 217 g/mol. The normalized spacial score (nSPS) is 10.6. The van der Waals surface area contributed by atoms with Crippen molar-refractivity contribution in [1.82, 2.24) is 4.57 Å². The third-order valence-electron chi connectivity index (χ3n) is 2.82. The molecule has 0 N–H and O–H groups in total. The standard InChI is InChI=1S/C14H16FN/c1-2-16-10-4-7-14(16)9-8-12-5-3-6-13(15)11-12/h3-7,10-11H,2,8-9H2,1H3. The van der Waals surface area contributed by atoms with Crippen molar-refractivity contribution < 1.29 is 4.39 Å². The number of aromatic nitrogens is 1. The number of nitrogens with zero attached hydrogens (tertiary/aromatic N) is 1. The van der Waals surface area contributed by atoms with E-state index in [1.807, 2.05) is 6.07 Å². The first-order valence-corrected chi connectivity index (χ1v) is 5.68. The predicted octanol–water partition coefficient (Wildman–Crippen LogP) is 3.43. The van der Waals surface area contributed by atoms with Gasteiger partial charge in [-0.1, -0.05) is 12.1 Å². The average Bonchev–Trinajstić information content (AvgIpc) is 2.74. The molecule has 1 aromatic heterocycles. The summed E-state index contributed by atoms with van der Waals surface area (Å²) in [5, 5.41) is 0. The van der Waals surface area contributed by atoms with E-state index in [-0.39, 0.29) is 5.82 Å². The zero-order valence-corrected chi connectivity index (χ0v) is 9.49. The molecule has 0 aliphatic carbocycles. The number of halogens is 1. The summed E-state index contributed by atoms with van der Waals surface area (Å²) < 4.78 is 15.2. The van der Waals surface area contributed by atoms with Gasteiger partial charge in [-0.3, -0.25) is 0 Å². The van der Waals surface area contributed by atoms with E-state index in [1.165, 1.54) is 11.8 Å². The van der Waals surface area contributed by atoms with E-state index < -0.39 is 0 Å². The van der Waals surface area contributed by atoms with Crippen LogP contribution in [-0.2, 0) is 19.4 Å². The van der Waals surface area contributed by atoms with Crippen molar-refractivity contribution in [2.45, 2.75) is 26.3 Å². The largest absolute Gasteiger partial charge is 0.352 e. The van der Waals surface area contributed by atoms with Crippen molar-refractivity contribution >= 4 is 0 Å². The minimum Gasteiger partial charge on any atom is -0.352 e. The van der Waals surface area contributed by atoms with Gasteiger partial charge in [-0.05, 0) is 49.6 Å². The molecule has 0 fully saturated rings. The Hall–Kier alpha value is -1.57. The Labute approximate surface area is 95.5 Å². The fourth-order valence-electron chi connectivity index (χ4n) is 1.95. The van der Waals surface area contributed by atoms with Gasteiger partial charge in [0.1, 0.15) is 5.82 Å². The van der Waals surface area contributed by atoms with Crippen LogP contribution in [0.25, 0.3) is 0 Å². The number of hydrogen-bond acceptors (Lipinski definition) is 0. The summed E-state index contributed by atoms with van der Waals surface area (Å²) in [5.74, 6) is -0.150. The highest BCUT2D eigenvalue weighted by Crippen LogP contribution is 2.10. The molecule has 2 heteroatoms. The van der Waals surface area contributed by atoms with Gasteiger partial charge in [0.25, 0.3) is 0 Å². The summed E-state index contributed by atoms with van der Waals surface area (Å²) in [7, 11) is 0. The highest BCUT2D eigenvalue weighted by molar-refractivity contribution is 5.18. The molecule has 2 rings (SSSR count). The van der Waals surface area contributed by atoms with Gasteiger partial charge in [0.15, 0.2) is 0 Å². The van der Waals surface area contributed by atoms with E-state index in [9.17, 15) is 4.39 Å². The molecule has 0 saturated carbocycles. The monoisotopic (exact) mass is 217 g/mol. The second kappa shape index (κ2) is 4.97. The molecule has 16 heavy (non-hydrogen) atoms. The lowest BCUT2D eigenvalue weighted by atomic mass is 10.1. The summed E-state index contributed by atoms with van der Waals surface area (Å²) in [5.41, 5.74) is 2.37. The number of benzene rings is 1. The van der Waals surface area contributed by atoms with Crippen LogP contribution in [0.15, 0.2) is 42.6 Å². The van der Waals surface area contributed by atoms with E-state index in [2.05, 4.69) is 29.8 Å². The minimum absolute atomic E-state index is 0.150. The van der Waals surface area contributed by atoms with Gasteiger partial charge >= 0.3 is 0 Å². The maximum absolute atomic E-state index is 13.0. The van der Waals surface area contributed by atoms with Crippen LogP contribution in [0.2, 0.25) is 0 Å². The van der Waals surface area contributed by atoms with Gasteiger partial charge in [0.2, 0.25) is 0 Å². The van der Waals surface area contributed by atoms with Gasteiger partial charge in [0, 0.05) is 18.4 Å². The molecule has 84 valence electrons. The van der Waals surface area contributed by atoms with Crippen LogP contribution in [0, 0.1) is 5.82 Å². The fourth-order valence-corrected chi connectivity index (χ4v) is 1.95. The van der Waals surface area contributed by atoms with Crippen molar-refractivity contribution in [3.63, 3.8) is 0 Å². The Morgan fingerprint density at radius 3 is 2.75 bits per heavy atom. The molecule has 0 bridgehead atoms. The number of aryl methyl sites for hydroxylation is 3. The molecule has 0 aliphatic rings. The van der Waals surface area contributed by atoms with Crippen molar-refractivity contribution in [1.29, 1.82) is 0 Å². The first kappa shape index (κ1) is 10.9. The molecular formula is C14H16FN. The van der Waals surface area contributed by atoms with E-state index in [1.54, 1.807) is 12.1 Å². The Morgan fingerprint density at radius 2 is 2.00 bits per heavy atom. The quantitative estimate of drug-likeness (QED) is 0.739. The van der Waals surface area contributed by atoms with Crippen molar-refractivity contribution in [2.24, 2.45) is 0 Å². The molecule has 0 radical (unpaired) electrons. The highest BCUT2D eigenvalue weighted by Gasteiger charge is 2.00. The third-order valence-corrected chi connectivity index (χ3v) is 2.82. The van der Waals surface area contributed by atoms with Crippen LogP contribution in [-0.4, -0.2) is 4.57 Å². The first-order valence-electron chi connectivity index (χ1n) is 5.68. The molecule has 0 unspecified atom stereocenters. The molecular weight excluding hydrogens is 201 g/mol. The van der Waals surface area contributed by atoms with Crippen LogP contribution in [0.1, 0.15) is 18.2 Å². The Bertz CT molecular complexity index is 459. The van der Waals surface area contributed by atoms with E-state index >= 15 is 0 Å². The maximum atomic E-state index is 13.0. The molecule has 0 aliphatic heterocycles. The Kier molecular flexibility index (Phi) is 3.40. The Morgan fingerprint density at radius 1 is 1.12 bits per heavy atom. The number of rotatable bonds is 4. The molecule has 1 aromatic carbocycles. The highest BCUT2D eigenvalue weighted by atomic mass is 19.1. The van der Waals surface area contributed by atoms with E-state index in [0.29, 0.717) is 0 Å². The third kappa shape index (κ3) is 2.51. The zero-order chi connectivity index (χ0) is 11.4. The molecule has 1 heterocycles. The summed E-state index contributed by atoms with van der Waals surface area (Å²) in [6.07, 6.45) is 3.94. The Balaban J connectivity index is 2.02. The predicted molar refractivity (Wildman–Crippen MR) is 63.9 cm³/mol. The van der Waals surface area contributed by atoms with Gasteiger partial charge in [-0.2, -0.15) is 0 Å². The lowest BCUT2D eigenvalue weighted by molar-refractivity contribution is 0.624. The van der Waals surface area contributed by atoms with Crippen LogP contribution < -0.4 is 0 Å². The smallest absolute Gasteiger partial charge is 0.123 e. The van der Waals surface area contributed by atoms with Gasteiger partial charge in [-0.15, -0.1) is 0 Å². The molecule has 2 aromatic rings. The lowest BCUT2D eigenvalue weighted by Crippen LogP contribution is -2.01. The van der Waals surface area contributed by atoms with Crippen molar-refractivity contribution in [2.75, 3.05) is 0 Å². The second-order valence-corrected chi connectivity index (χ2v) is 3.92. The molecule has 0 saturated heterocycles. The van der Waals surface area contributed by atoms with Gasteiger partial charge < -0.3 is 4.57 Å². The number of hydrogen-bond donors (Lipinski definition) is 0. The van der Waals surface area contributed by atoms with Crippen LogP contribution in [0.4, 0.5) is 4.39 Å². The molecule has 0 spiro atoms. The van der Waals surface area contributed by atoms with Crippen LogP contribution in [0.3, 0.4) is 0 Å². The van der Waals surface area contributed by atoms with Gasteiger partial charge in [-0.25, -0.2) is 4.39 Å². The summed E-state index contributed by atoms with van der Waals surface area (Å²) in [6, 6.07) is 11.0. The fraction of sp³-hybridized carbons (Fsp3) is 0.286. The zero-order valence-electron chi connectivity index (χ0n) is 9.49. The van der Waals surface area contributed by atoms with Crippen molar-refractivity contribution in [3.05, 3.63) is 59.7 Å². The second-order valence-electron chi connectivity index (χ2n) is 3.92. The summed E-state index contributed by atoms with van der Waals surface area (Å²) >= 11 is 0. The van der Waals surface area contributed by atoms with Crippen LogP contribution in [0.5, 0.6) is 0 Å². The van der Waals surface area contributed by atoms with E-state index in [0.717, 1.165) is 24.9 Å². The molecule has 1 nitrogen and oxygen atoms in total. The summed E-state index contributed by atoms with van der Waals surface area (Å²) in [4.78, 5) is 0. The topological polar surface area (TPSA) is 4.93 Å². The molecule has 0 amide bonds. The van der Waals surface area contributed by atoms with Crippen LogP contribution >= 0.6 is 0 Å². The minimum atomic E-state index is -0.150. The SMILES string of the molecule is CCn1cccc1CCc1cccc(F)c1. The van der Waals surface area contributed by atoms with E-state index in [4.69, 9.17) is 0 Å². The maximum Gasteiger partial charge on any atom is 0.123 e. The molecule has 0 atom stereocenters. The van der Waals surface area contributed by atoms with Crippen molar-refractivity contribution in [3.8, 4) is 0 Å².